The zero-order chi connectivity index (χ0) is 16.3. The van der Waals surface area contributed by atoms with Crippen molar-refractivity contribution in [3.63, 3.8) is 0 Å². The van der Waals surface area contributed by atoms with E-state index in [0.29, 0.717) is 17.4 Å². The van der Waals surface area contributed by atoms with Crippen molar-refractivity contribution >= 4 is 27.4 Å². The first-order valence-electron chi connectivity index (χ1n) is 7.39. The number of primary sulfonamides is 1. The fourth-order valence-electron chi connectivity index (χ4n) is 3.18. The van der Waals surface area contributed by atoms with E-state index in [1.807, 2.05) is 0 Å². The number of carbonyl (C=O) groups excluding carboxylic acids is 1. The fraction of sp³-hybridized carbons (Fsp3) is 0.643. The summed E-state index contributed by atoms with van der Waals surface area (Å²) in [6.45, 7) is 4.55. The minimum atomic E-state index is -3.73. The van der Waals surface area contributed by atoms with Gasteiger partial charge in [0.2, 0.25) is 10.0 Å². The molecule has 2 unspecified atom stereocenters. The first-order chi connectivity index (χ1) is 10.3. The molecule has 22 heavy (non-hydrogen) atoms. The van der Waals surface area contributed by atoms with Gasteiger partial charge in [0.15, 0.2) is 0 Å². The molecule has 0 saturated heterocycles. The third kappa shape index (κ3) is 4.69. The second kappa shape index (κ2) is 6.97. The summed E-state index contributed by atoms with van der Waals surface area (Å²) in [6, 6.07) is 1.58. The Balaban J connectivity index is 1.87. The van der Waals surface area contributed by atoms with Crippen molar-refractivity contribution in [2.45, 2.75) is 49.9 Å². The molecule has 2 amide bonds. The monoisotopic (exact) mass is 345 g/mol. The molecule has 4 N–H and O–H groups in total. The molecule has 124 valence electrons. The van der Waals surface area contributed by atoms with Crippen LogP contribution in [-0.4, -0.2) is 20.5 Å². The normalized spacial score (nSPS) is 25.7. The molecular formula is C14H23N3O3S2. The van der Waals surface area contributed by atoms with E-state index in [9.17, 15) is 13.2 Å². The molecule has 0 radical (unpaired) electrons. The molecule has 1 heterocycles. The quantitative estimate of drug-likeness (QED) is 0.778. The van der Waals surface area contributed by atoms with E-state index in [0.717, 1.165) is 24.2 Å². The van der Waals surface area contributed by atoms with Crippen molar-refractivity contribution in [3.05, 3.63) is 17.0 Å². The van der Waals surface area contributed by atoms with Gasteiger partial charge in [-0.3, -0.25) is 0 Å². The van der Waals surface area contributed by atoms with E-state index >= 15 is 0 Å². The molecule has 6 nitrogen and oxygen atoms in total. The summed E-state index contributed by atoms with van der Waals surface area (Å²) in [6.07, 6.45) is 3.17. The summed E-state index contributed by atoms with van der Waals surface area (Å²) in [5.41, 5.74) is 0.521. The molecule has 0 aliphatic heterocycles. The number of nitrogens with two attached hydrogens (primary N) is 1. The third-order valence-electron chi connectivity index (χ3n) is 3.92. The lowest BCUT2D eigenvalue weighted by Crippen LogP contribution is -2.44. The van der Waals surface area contributed by atoms with Gasteiger partial charge in [0.25, 0.3) is 0 Å². The molecule has 1 aromatic heterocycles. The second-order valence-electron chi connectivity index (χ2n) is 6.22. The number of amides is 2. The fourth-order valence-corrected chi connectivity index (χ4v) is 5.04. The second-order valence-corrected chi connectivity index (χ2v) is 8.89. The molecule has 8 heteroatoms. The SMILES string of the molecule is CC1CC(C)CC(NC(=O)NCc2ccsc2S(N)(=O)=O)C1. The minimum Gasteiger partial charge on any atom is -0.335 e. The zero-order valence-corrected chi connectivity index (χ0v) is 14.5. The molecule has 1 fully saturated rings. The van der Waals surface area contributed by atoms with Crippen LogP contribution >= 0.6 is 11.3 Å². The summed E-state index contributed by atoms with van der Waals surface area (Å²) in [4.78, 5) is 12.0. The van der Waals surface area contributed by atoms with Gasteiger partial charge in [-0.25, -0.2) is 18.4 Å². The number of thiophene rings is 1. The largest absolute Gasteiger partial charge is 0.335 e. The minimum absolute atomic E-state index is 0.104. The number of hydrogen-bond acceptors (Lipinski definition) is 4. The van der Waals surface area contributed by atoms with E-state index in [-0.39, 0.29) is 22.8 Å². The van der Waals surface area contributed by atoms with Gasteiger partial charge < -0.3 is 10.6 Å². The zero-order valence-electron chi connectivity index (χ0n) is 12.8. The molecule has 1 saturated carbocycles. The molecule has 0 bridgehead atoms. The van der Waals surface area contributed by atoms with E-state index in [2.05, 4.69) is 24.5 Å². The Kier molecular flexibility index (Phi) is 5.46. The lowest BCUT2D eigenvalue weighted by Gasteiger charge is -2.31. The summed E-state index contributed by atoms with van der Waals surface area (Å²) >= 11 is 1.06. The average molecular weight is 345 g/mol. The number of urea groups is 1. The highest BCUT2D eigenvalue weighted by Crippen LogP contribution is 2.28. The molecule has 0 aromatic carbocycles. The summed E-state index contributed by atoms with van der Waals surface area (Å²) in [5, 5.41) is 12.5. The molecule has 2 rings (SSSR count). The van der Waals surface area contributed by atoms with Crippen molar-refractivity contribution in [1.29, 1.82) is 0 Å². The van der Waals surface area contributed by atoms with Crippen molar-refractivity contribution in [1.82, 2.24) is 10.6 Å². The first kappa shape index (κ1) is 17.2. The van der Waals surface area contributed by atoms with Gasteiger partial charge in [0, 0.05) is 18.2 Å². The molecule has 2 atom stereocenters. The van der Waals surface area contributed by atoms with Crippen molar-refractivity contribution in [3.8, 4) is 0 Å². The van der Waals surface area contributed by atoms with Crippen molar-refractivity contribution < 1.29 is 13.2 Å². The Morgan fingerprint density at radius 3 is 2.55 bits per heavy atom. The van der Waals surface area contributed by atoms with Crippen LogP contribution in [0.1, 0.15) is 38.7 Å². The van der Waals surface area contributed by atoms with Crippen molar-refractivity contribution in [2.24, 2.45) is 17.0 Å². The number of carbonyl (C=O) groups is 1. The first-order valence-corrected chi connectivity index (χ1v) is 9.82. The molecule has 1 aromatic rings. The third-order valence-corrected chi connectivity index (χ3v) is 6.43. The molecular weight excluding hydrogens is 322 g/mol. The molecule has 0 spiro atoms. The van der Waals surface area contributed by atoms with Gasteiger partial charge in [-0.2, -0.15) is 0 Å². The van der Waals surface area contributed by atoms with Crippen LogP contribution in [0.15, 0.2) is 15.7 Å². The van der Waals surface area contributed by atoms with Crippen LogP contribution in [0.25, 0.3) is 0 Å². The van der Waals surface area contributed by atoms with E-state index < -0.39 is 10.0 Å². The van der Waals surface area contributed by atoms with Gasteiger partial charge >= 0.3 is 6.03 Å². The van der Waals surface area contributed by atoms with Gasteiger partial charge in [-0.15, -0.1) is 11.3 Å². The van der Waals surface area contributed by atoms with Gasteiger partial charge in [-0.1, -0.05) is 13.8 Å². The molecule has 1 aliphatic rings. The Labute approximate surface area is 135 Å². The van der Waals surface area contributed by atoms with Crippen LogP contribution in [0, 0.1) is 11.8 Å². The van der Waals surface area contributed by atoms with Crippen LogP contribution < -0.4 is 15.8 Å². The average Bonchev–Trinajstić information content (AvgIpc) is 2.83. The smallest absolute Gasteiger partial charge is 0.315 e. The van der Waals surface area contributed by atoms with Crippen LogP contribution in [0.5, 0.6) is 0 Å². The Morgan fingerprint density at radius 1 is 1.32 bits per heavy atom. The summed E-state index contributed by atoms with van der Waals surface area (Å²) in [7, 11) is -3.73. The summed E-state index contributed by atoms with van der Waals surface area (Å²) in [5.74, 6) is 1.22. The number of nitrogens with one attached hydrogen (secondary N) is 2. The lowest BCUT2D eigenvalue weighted by atomic mass is 9.80. The molecule has 1 aliphatic carbocycles. The highest BCUT2D eigenvalue weighted by atomic mass is 32.2. The maximum absolute atomic E-state index is 12.0. The predicted octanol–water partition coefficient (Wildman–Crippen LogP) is 2.02. The Hall–Kier alpha value is -1.12. The Morgan fingerprint density at radius 2 is 1.95 bits per heavy atom. The van der Waals surface area contributed by atoms with E-state index in [1.54, 1.807) is 11.4 Å². The van der Waals surface area contributed by atoms with E-state index in [1.165, 1.54) is 6.42 Å². The number of hydrogen-bond donors (Lipinski definition) is 3. The Bertz CT molecular complexity index is 617. The topological polar surface area (TPSA) is 101 Å². The maximum atomic E-state index is 12.0. The predicted molar refractivity (Wildman–Crippen MR) is 87.0 cm³/mol. The standard InChI is InChI=1S/C14H23N3O3S2/c1-9-5-10(2)7-12(6-9)17-14(18)16-8-11-3-4-21-13(11)22(15,19)20/h3-4,9-10,12H,5-8H2,1-2H3,(H2,15,19,20)(H2,16,17,18). The van der Waals surface area contributed by atoms with Crippen LogP contribution in [0.4, 0.5) is 4.79 Å². The summed E-state index contributed by atoms with van der Waals surface area (Å²) < 4.78 is 22.9. The van der Waals surface area contributed by atoms with Crippen LogP contribution in [-0.2, 0) is 16.6 Å². The van der Waals surface area contributed by atoms with E-state index in [4.69, 9.17) is 5.14 Å². The van der Waals surface area contributed by atoms with Gasteiger partial charge in [0.05, 0.1) is 0 Å². The number of rotatable bonds is 4. The highest BCUT2D eigenvalue weighted by molar-refractivity contribution is 7.91. The van der Waals surface area contributed by atoms with Gasteiger partial charge in [-0.05, 0) is 42.5 Å². The number of sulfonamides is 1. The maximum Gasteiger partial charge on any atom is 0.315 e. The lowest BCUT2D eigenvalue weighted by molar-refractivity contribution is 0.213. The van der Waals surface area contributed by atoms with Crippen LogP contribution in [0.2, 0.25) is 0 Å². The highest BCUT2D eigenvalue weighted by Gasteiger charge is 2.25. The van der Waals surface area contributed by atoms with Crippen LogP contribution in [0.3, 0.4) is 0 Å². The van der Waals surface area contributed by atoms with Crippen molar-refractivity contribution in [2.75, 3.05) is 0 Å². The van der Waals surface area contributed by atoms with Gasteiger partial charge in [0.1, 0.15) is 4.21 Å².